The van der Waals surface area contributed by atoms with Crippen LogP contribution in [0, 0.1) is 0 Å². The van der Waals surface area contributed by atoms with E-state index in [1.165, 1.54) is 7.11 Å². The Balaban J connectivity index is 1.57. The van der Waals surface area contributed by atoms with E-state index < -0.39 is 0 Å². The topological polar surface area (TPSA) is 69.2 Å². The molecule has 0 saturated heterocycles. The van der Waals surface area contributed by atoms with Gasteiger partial charge in [-0.3, -0.25) is 4.79 Å². The fourth-order valence-electron chi connectivity index (χ4n) is 2.83. The zero-order valence-corrected chi connectivity index (χ0v) is 21.5. The number of amides is 1. The third-order valence-electron chi connectivity index (χ3n) is 4.53. The maximum Gasteiger partial charge on any atom is 0.271 e. The molecule has 1 amide bonds. The largest absolute Gasteiger partial charge is 0.493 e. The van der Waals surface area contributed by atoms with Crippen LogP contribution in [-0.4, -0.2) is 25.8 Å². The van der Waals surface area contributed by atoms with Crippen molar-refractivity contribution < 1.29 is 19.0 Å². The van der Waals surface area contributed by atoms with Crippen molar-refractivity contribution in [3.63, 3.8) is 0 Å². The average molecular weight is 576 g/mol. The highest BCUT2D eigenvalue weighted by Crippen LogP contribution is 2.28. The van der Waals surface area contributed by atoms with Crippen LogP contribution < -0.4 is 19.6 Å². The summed E-state index contributed by atoms with van der Waals surface area (Å²) in [5.74, 6) is 1.48. The van der Waals surface area contributed by atoms with E-state index in [4.69, 9.17) is 14.2 Å². The lowest BCUT2D eigenvalue weighted by atomic mass is 10.2. The molecule has 0 fully saturated rings. The minimum atomic E-state index is -0.347. The number of nitrogens with zero attached hydrogens (tertiary/aromatic N) is 1. The molecule has 0 atom stereocenters. The summed E-state index contributed by atoms with van der Waals surface area (Å²) in [6.07, 6.45) is 2.45. The third kappa shape index (κ3) is 7.33. The van der Waals surface area contributed by atoms with Crippen LogP contribution in [0.3, 0.4) is 0 Å². The van der Waals surface area contributed by atoms with E-state index in [9.17, 15) is 4.79 Å². The minimum Gasteiger partial charge on any atom is -0.493 e. The Morgan fingerprint density at radius 3 is 2.42 bits per heavy atom. The lowest BCUT2D eigenvalue weighted by molar-refractivity contribution is 0.0954. The lowest BCUT2D eigenvalue weighted by Gasteiger charge is -2.11. The normalized spacial score (nSPS) is 10.8. The molecule has 172 valence electrons. The Kier molecular flexibility index (Phi) is 9.33. The van der Waals surface area contributed by atoms with Gasteiger partial charge in [-0.25, -0.2) is 5.43 Å². The second-order valence-corrected chi connectivity index (χ2v) is 8.79. The molecule has 0 spiro atoms. The van der Waals surface area contributed by atoms with Gasteiger partial charge in [-0.15, -0.1) is 0 Å². The molecule has 0 aliphatic carbocycles. The van der Waals surface area contributed by atoms with E-state index >= 15 is 0 Å². The van der Waals surface area contributed by atoms with E-state index in [1.54, 1.807) is 24.4 Å². The monoisotopic (exact) mass is 574 g/mol. The highest BCUT2D eigenvalue weighted by molar-refractivity contribution is 9.10. The smallest absolute Gasteiger partial charge is 0.271 e. The zero-order valence-electron chi connectivity index (χ0n) is 18.3. The Morgan fingerprint density at radius 1 is 0.970 bits per heavy atom. The van der Waals surface area contributed by atoms with Crippen molar-refractivity contribution >= 4 is 44.0 Å². The molecule has 0 heterocycles. The first kappa shape index (κ1) is 24.8. The van der Waals surface area contributed by atoms with E-state index in [2.05, 4.69) is 42.4 Å². The van der Waals surface area contributed by atoms with Crippen molar-refractivity contribution in [3.05, 3.63) is 86.3 Å². The van der Waals surface area contributed by atoms with Gasteiger partial charge >= 0.3 is 0 Å². The maximum absolute atomic E-state index is 12.4. The summed E-state index contributed by atoms with van der Waals surface area (Å²) in [6.45, 7) is 3.06. The zero-order chi connectivity index (χ0) is 23.6. The van der Waals surface area contributed by atoms with Crippen molar-refractivity contribution in [2.24, 2.45) is 5.10 Å². The van der Waals surface area contributed by atoms with Crippen LogP contribution in [-0.2, 0) is 6.61 Å². The third-order valence-corrected chi connectivity index (χ3v) is 5.68. The van der Waals surface area contributed by atoms with Gasteiger partial charge in [0.2, 0.25) is 0 Å². The molecular weight excluding hydrogens is 552 g/mol. The van der Waals surface area contributed by atoms with Crippen LogP contribution in [0.15, 0.2) is 74.7 Å². The Morgan fingerprint density at radius 2 is 1.73 bits per heavy atom. The first-order valence-electron chi connectivity index (χ1n) is 10.3. The van der Waals surface area contributed by atoms with E-state index in [1.807, 2.05) is 49.4 Å². The number of ether oxygens (including phenoxy) is 3. The molecule has 0 radical (unpaired) electrons. The van der Waals surface area contributed by atoms with Gasteiger partial charge in [0, 0.05) is 10.0 Å². The summed E-state index contributed by atoms with van der Waals surface area (Å²) in [5.41, 5.74) is 4.83. The molecule has 0 saturated carbocycles. The molecule has 0 aliphatic rings. The highest BCUT2D eigenvalue weighted by Gasteiger charge is 2.11. The predicted octanol–water partition coefficient (Wildman–Crippen LogP) is 6.35. The fraction of sp³-hybridized carbons (Fsp3) is 0.200. The van der Waals surface area contributed by atoms with Gasteiger partial charge < -0.3 is 14.2 Å². The van der Waals surface area contributed by atoms with Gasteiger partial charge in [-0.05, 0) is 82.0 Å². The van der Waals surface area contributed by atoms with Crippen LogP contribution in [0.4, 0.5) is 0 Å². The molecule has 33 heavy (non-hydrogen) atoms. The SMILES string of the molecule is CCCOc1ccc(C(=O)N/N=C/c2ccc(OCc3ccc(Br)cc3)c(Br)c2)cc1OC. The average Bonchev–Trinajstić information content (AvgIpc) is 2.83. The molecule has 3 aromatic carbocycles. The lowest BCUT2D eigenvalue weighted by Crippen LogP contribution is -2.17. The number of rotatable bonds is 10. The molecule has 0 aromatic heterocycles. The van der Waals surface area contributed by atoms with Gasteiger partial charge in [-0.2, -0.15) is 5.10 Å². The summed E-state index contributed by atoms with van der Waals surface area (Å²) in [4.78, 5) is 12.4. The quantitative estimate of drug-likeness (QED) is 0.226. The molecule has 3 aromatic rings. The number of benzene rings is 3. The summed E-state index contributed by atoms with van der Waals surface area (Å²) in [5, 5.41) is 4.06. The Hall–Kier alpha value is -2.84. The van der Waals surface area contributed by atoms with Crippen molar-refractivity contribution in [2.75, 3.05) is 13.7 Å². The van der Waals surface area contributed by atoms with Crippen LogP contribution in [0.5, 0.6) is 17.2 Å². The number of hydrogen-bond acceptors (Lipinski definition) is 5. The second kappa shape index (κ2) is 12.4. The van der Waals surface area contributed by atoms with E-state index in [0.717, 1.165) is 32.2 Å². The number of carbonyl (C=O) groups excluding carboxylic acids is 1. The first-order valence-corrected chi connectivity index (χ1v) is 11.9. The van der Waals surface area contributed by atoms with Gasteiger partial charge in [-0.1, -0.05) is 35.0 Å². The molecular formula is C25H24Br2N2O4. The molecule has 3 rings (SSSR count). The molecule has 6 nitrogen and oxygen atoms in total. The molecule has 0 bridgehead atoms. The molecule has 1 N–H and O–H groups in total. The number of hydrogen-bond donors (Lipinski definition) is 1. The van der Waals surface area contributed by atoms with Crippen LogP contribution in [0.25, 0.3) is 0 Å². The number of carbonyl (C=O) groups is 1. The fourth-order valence-corrected chi connectivity index (χ4v) is 3.60. The number of nitrogens with one attached hydrogen (secondary N) is 1. The first-order chi connectivity index (χ1) is 16.0. The Labute approximate surface area is 210 Å². The van der Waals surface area contributed by atoms with Crippen LogP contribution in [0.2, 0.25) is 0 Å². The summed E-state index contributed by atoms with van der Waals surface area (Å²) in [7, 11) is 1.54. The van der Waals surface area contributed by atoms with E-state index in [-0.39, 0.29) is 5.91 Å². The Bertz CT molecular complexity index is 1120. The molecule has 0 unspecified atom stereocenters. The summed E-state index contributed by atoms with van der Waals surface area (Å²) < 4.78 is 18.6. The second-order valence-electron chi connectivity index (χ2n) is 7.02. The van der Waals surface area contributed by atoms with Crippen molar-refractivity contribution in [1.82, 2.24) is 5.43 Å². The molecule has 8 heteroatoms. The van der Waals surface area contributed by atoms with Crippen molar-refractivity contribution in [3.8, 4) is 17.2 Å². The highest BCUT2D eigenvalue weighted by atomic mass is 79.9. The minimum absolute atomic E-state index is 0.347. The van der Waals surface area contributed by atoms with Crippen LogP contribution >= 0.6 is 31.9 Å². The van der Waals surface area contributed by atoms with Gasteiger partial charge in [0.05, 0.1) is 24.4 Å². The van der Waals surface area contributed by atoms with Gasteiger partial charge in [0.25, 0.3) is 5.91 Å². The van der Waals surface area contributed by atoms with Crippen molar-refractivity contribution in [2.45, 2.75) is 20.0 Å². The number of hydrazone groups is 1. The summed E-state index contributed by atoms with van der Waals surface area (Å²) >= 11 is 6.95. The van der Waals surface area contributed by atoms with Gasteiger partial charge in [0.15, 0.2) is 11.5 Å². The van der Waals surface area contributed by atoms with Gasteiger partial charge in [0.1, 0.15) is 12.4 Å². The maximum atomic E-state index is 12.4. The number of methoxy groups -OCH3 is 1. The van der Waals surface area contributed by atoms with E-state index in [0.29, 0.717) is 30.3 Å². The predicted molar refractivity (Wildman–Crippen MR) is 136 cm³/mol. The number of halogens is 2. The standard InChI is InChI=1S/C25H24Br2N2O4/c1-3-12-32-23-11-7-19(14-24(23)31-2)25(30)29-28-15-18-6-10-22(21(27)13-18)33-16-17-4-8-20(26)9-5-17/h4-11,13-15H,3,12,16H2,1-2H3,(H,29,30)/b28-15+. The van der Waals surface area contributed by atoms with Crippen LogP contribution in [0.1, 0.15) is 34.8 Å². The summed E-state index contributed by atoms with van der Waals surface area (Å²) in [6, 6.07) is 18.6. The van der Waals surface area contributed by atoms with Crippen molar-refractivity contribution in [1.29, 1.82) is 0 Å². The molecule has 0 aliphatic heterocycles.